The Morgan fingerprint density at radius 1 is 1.29 bits per heavy atom. The van der Waals surface area contributed by atoms with E-state index in [-0.39, 0.29) is 11.8 Å². The van der Waals surface area contributed by atoms with Crippen LogP contribution in [0.25, 0.3) is 0 Å². The average molecular weight is 395 g/mol. The van der Waals surface area contributed by atoms with Crippen molar-refractivity contribution >= 4 is 17.2 Å². The topological polar surface area (TPSA) is 81.1 Å². The maximum atomic E-state index is 12.7. The molecule has 0 radical (unpaired) electrons. The Morgan fingerprint density at radius 3 is 3.00 bits per heavy atom. The molecule has 1 atom stereocenters. The fourth-order valence-corrected chi connectivity index (χ4v) is 3.95. The Labute approximate surface area is 167 Å². The van der Waals surface area contributed by atoms with Crippen molar-refractivity contribution in [3.8, 4) is 11.6 Å². The third-order valence-corrected chi connectivity index (χ3v) is 5.50. The maximum Gasteiger partial charge on any atom is 0.238 e. The summed E-state index contributed by atoms with van der Waals surface area (Å²) in [5.74, 6) is 1.32. The molecule has 0 unspecified atom stereocenters. The summed E-state index contributed by atoms with van der Waals surface area (Å²) < 4.78 is 5.74. The number of likely N-dealkylation sites (tertiary alicyclic amines) is 1. The number of thiazole rings is 1. The lowest BCUT2D eigenvalue weighted by atomic mass is 9.94. The summed E-state index contributed by atoms with van der Waals surface area (Å²) in [6.45, 7) is 3.37. The zero-order chi connectivity index (χ0) is 19.3. The van der Waals surface area contributed by atoms with Gasteiger partial charge in [-0.25, -0.2) is 9.97 Å². The molecule has 144 valence electrons. The maximum absolute atomic E-state index is 12.7. The summed E-state index contributed by atoms with van der Waals surface area (Å²) >= 11 is 1.57. The first-order chi connectivity index (χ1) is 13.7. The van der Waals surface area contributed by atoms with Gasteiger partial charge in [-0.2, -0.15) is 0 Å². The van der Waals surface area contributed by atoms with Crippen LogP contribution in [0.1, 0.15) is 35.2 Å². The van der Waals surface area contributed by atoms with E-state index in [1.807, 2.05) is 23.3 Å². The number of aryl methyl sites for hydroxylation is 1. The highest BCUT2D eigenvalue weighted by Gasteiger charge is 2.26. The number of hydrogen-bond acceptors (Lipinski definition) is 7. The third-order valence-electron chi connectivity index (χ3n) is 4.68. The van der Waals surface area contributed by atoms with Crippen LogP contribution in [0.2, 0.25) is 0 Å². The molecule has 3 aromatic heterocycles. The minimum atomic E-state index is 0.116. The van der Waals surface area contributed by atoms with Gasteiger partial charge in [0.05, 0.1) is 35.2 Å². The van der Waals surface area contributed by atoms with Gasteiger partial charge in [-0.05, 0) is 31.9 Å². The molecule has 28 heavy (non-hydrogen) atoms. The molecule has 0 spiro atoms. The van der Waals surface area contributed by atoms with Crippen LogP contribution in [0.5, 0.6) is 11.6 Å². The van der Waals surface area contributed by atoms with Crippen LogP contribution in [0, 0.1) is 6.92 Å². The number of hydrogen-bond donors (Lipinski definition) is 0. The van der Waals surface area contributed by atoms with E-state index in [4.69, 9.17) is 4.74 Å². The van der Waals surface area contributed by atoms with Crippen LogP contribution in [-0.4, -0.2) is 43.8 Å². The van der Waals surface area contributed by atoms with E-state index in [2.05, 4.69) is 19.9 Å². The first kappa shape index (κ1) is 18.5. The molecule has 1 aliphatic rings. The lowest BCUT2D eigenvalue weighted by molar-refractivity contribution is -0.131. The van der Waals surface area contributed by atoms with Crippen molar-refractivity contribution in [1.82, 2.24) is 24.8 Å². The van der Waals surface area contributed by atoms with Gasteiger partial charge in [-0.3, -0.25) is 14.8 Å². The highest BCUT2D eigenvalue weighted by Crippen LogP contribution is 2.27. The molecular formula is C20H21N5O2S. The van der Waals surface area contributed by atoms with Crippen LogP contribution >= 0.6 is 11.3 Å². The van der Waals surface area contributed by atoms with Crippen molar-refractivity contribution in [2.45, 2.75) is 32.1 Å². The smallest absolute Gasteiger partial charge is 0.238 e. The Hall–Kier alpha value is -2.87. The number of carbonyl (C=O) groups excluding carboxylic acids is 1. The summed E-state index contributed by atoms with van der Waals surface area (Å²) in [5.41, 5.74) is 1.70. The number of amides is 1. The molecule has 3 aromatic rings. The molecule has 1 fully saturated rings. The van der Waals surface area contributed by atoms with E-state index in [1.165, 1.54) is 0 Å². The van der Waals surface area contributed by atoms with Gasteiger partial charge in [0.15, 0.2) is 0 Å². The Kier molecular flexibility index (Phi) is 5.57. The Balaban J connectivity index is 1.42. The van der Waals surface area contributed by atoms with Crippen LogP contribution in [0.4, 0.5) is 0 Å². The lowest BCUT2D eigenvalue weighted by Crippen LogP contribution is -2.40. The second kappa shape index (κ2) is 8.43. The SMILES string of the molecule is Cc1nc(CC(=O)N2CCC[C@@H](c3cncc(Oc4cccnc4)n3)C2)cs1. The molecule has 1 amide bonds. The van der Waals surface area contributed by atoms with Crippen LogP contribution < -0.4 is 4.74 Å². The highest BCUT2D eigenvalue weighted by atomic mass is 32.1. The molecule has 1 saturated heterocycles. The zero-order valence-corrected chi connectivity index (χ0v) is 16.4. The zero-order valence-electron chi connectivity index (χ0n) is 15.6. The Morgan fingerprint density at radius 2 is 2.21 bits per heavy atom. The summed E-state index contributed by atoms with van der Waals surface area (Å²) in [4.78, 5) is 31.9. The summed E-state index contributed by atoms with van der Waals surface area (Å²) in [7, 11) is 0. The molecule has 0 aromatic carbocycles. The van der Waals surface area contributed by atoms with Gasteiger partial charge in [0.25, 0.3) is 0 Å². The molecule has 0 aliphatic carbocycles. The van der Waals surface area contributed by atoms with Crippen LogP contribution in [0.15, 0.2) is 42.3 Å². The van der Waals surface area contributed by atoms with Crippen molar-refractivity contribution in [2.24, 2.45) is 0 Å². The molecule has 8 heteroatoms. The second-order valence-corrected chi connectivity index (χ2v) is 7.85. The van der Waals surface area contributed by atoms with Gasteiger partial charge < -0.3 is 9.64 Å². The number of carbonyl (C=O) groups is 1. The van der Waals surface area contributed by atoms with E-state index >= 15 is 0 Å². The van der Waals surface area contributed by atoms with Gasteiger partial charge in [0.2, 0.25) is 11.8 Å². The fourth-order valence-electron chi connectivity index (χ4n) is 3.34. The number of ether oxygens (including phenoxy) is 1. The summed E-state index contributed by atoms with van der Waals surface area (Å²) in [6, 6.07) is 3.63. The molecule has 1 aliphatic heterocycles. The minimum Gasteiger partial charge on any atom is -0.436 e. The molecule has 0 bridgehead atoms. The van der Waals surface area contributed by atoms with E-state index < -0.39 is 0 Å². The van der Waals surface area contributed by atoms with Crippen molar-refractivity contribution in [2.75, 3.05) is 13.1 Å². The fraction of sp³-hybridized carbons (Fsp3) is 0.350. The average Bonchev–Trinajstić information content (AvgIpc) is 3.13. The van der Waals surface area contributed by atoms with Crippen molar-refractivity contribution < 1.29 is 9.53 Å². The van der Waals surface area contributed by atoms with E-state index in [0.717, 1.165) is 35.8 Å². The normalized spacial score (nSPS) is 16.8. The predicted octanol–water partition coefficient (Wildman–Crippen LogP) is 3.38. The van der Waals surface area contributed by atoms with E-state index in [1.54, 1.807) is 42.2 Å². The number of pyridine rings is 1. The number of nitrogens with zero attached hydrogens (tertiary/aromatic N) is 5. The summed E-state index contributed by atoms with van der Waals surface area (Å²) in [5, 5.41) is 2.94. The number of aromatic nitrogens is 4. The van der Waals surface area contributed by atoms with Gasteiger partial charge in [0.1, 0.15) is 5.75 Å². The van der Waals surface area contributed by atoms with E-state index in [0.29, 0.717) is 24.6 Å². The van der Waals surface area contributed by atoms with Crippen LogP contribution in [0.3, 0.4) is 0 Å². The Bertz CT molecular complexity index is 947. The molecule has 7 nitrogen and oxygen atoms in total. The van der Waals surface area contributed by atoms with Crippen molar-refractivity contribution in [1.29, 1.82) is 0 Å². The molecular weight excluding hydrogens is 374 g/mol. The lowest BCUT2D eigenvalue weighted by Gasteiger charge is -2.32. The van der Waals surface area contributed by atoms with Gasteiger partial charge in [-0.1, -0.05) is 0 Å². The van der Waals surface area contributed by atoms with Crippen LogP contribution in [-0.2, 0) is 11.2 Å². The largest absolute Gasteiger partial charge is 0.436 e. The molecule has 0 N–H and O–H groups in total. The monoisotopic (exact) mass is 395 g/mol. The molecule has 4 heterocycles. The highest BCUT2D eigenvalue weighted by molar-refractivity contribution is 7.09. The number of rotatable bonds is 5. The van der Waals surface area contributed by atoms with Gasteiger partial charge in [0, 0.05) is 36.8 Å². The quantitative estimate of drug-likeness (QED) is 0.659. The predicted molar refractivity (Wildman–Crippen MR) is 105 cm³/mol. The van der Waals surface area contributed by atoms with Crippen molar-refractivity contribution in [3.63, 3.8) is 0 Å². The minimum absolute atomic E-state index is 0.116. The second-order valence-electron chi connectivity index (χ2n) is 6.79. The van der Waals surface area contributed by atoms with E-state index in [9.17, 15) is 4.79 Å². The summed E-state index contributed by atoms with van der Waals surface area (Å²) in [6.07, 6.45) is 8.95. The number of piperidine rings is 1. The first-order valence-electron chi connectivity index (χ1n) is 9.26. The standard InChI is InChI=1S/C20H21N5O2S/c1-14-23-16(13-28-14)8-20(26)25-7-3-4-15(12-25)18-10-22-11-19(24-18)27-17-5-2-6-21-9-17/h2,5-6,9-11,13,15H,3-4,7-8,12H2,1H3/t15-/m1/s1. The molecule has 4 rings (SSSR count). The molecule has 0 saturated carbocycles. The first-order valence-corrected chi connectivity index (χ1v) is 10.1. The van der Waals surface area contributed by atoms with Crippen molar-refractivity contribution in [3.05, 3.63) is 58.7 Å². The van der Waals surface area contributed by atoms with Gasteiger partial charge in [-0.15, -0.1) is 11.3 Å². The van der Waals surface area contributed by atoms with Gasteiger partial charge >= 0.3 is 0 Å². The third kappa shape index (κ3) is 4.51.